The van der Waals surface area contributed by atoms with Gasteiger partial charge in [-0.1, -0.05) is 0 Å². The second kappa shape index (κ2) is 8.37. The summed E-state index contributed by atoms with van der Waals surface area (Å²) in [7, 11) is 1.83. The van der Waals surface area contributed by atoms with E-state index in [1.165, 1.54) is 4.31 Å². The molecular weight excluding hydrogens is 354 g/mol. The Hall–Kier alpha value is -1.64. The van der Waals surface area contributed by atoms with E-state index in [1.807, 2.05) is 19.0 Å². The van der Waals surface area contributed by atoms with Crippen molar-refractivity contribution in [1.82, 2.24) is 14.1 Å². The van der Waals surface area contributed by atoms with E-state index in [1.54, 1.807) is 38.0 Å². The minimum absolute atomic E-state index is 0.0764. The molecule has 1 aliphatic rings. The number of amides is 1. The Morgan fingerprint density at radius 1 is 1.12 bits per heavy atom. The molecule has 0 saturated carbocycles. The van der Waals surface area contributed by atoms with Gasteiger partial charge in [0.25, 0.3) is 0 Å². The first-order valence-electron chi connectivity index (χ1n) is 8.74. The zero-order valence-electron chi connectivity index (χ0n) is 16.3. The summed E-state index contributed by atoms with van der Waals surface area (Å²) in [6.07, 6.45) is 0.455. The Kier molecular flexibility index (Phi) is 6.65. The average Bonchev–Trinajstić information content (AvgIpc) is 2.58. The highest BCUT2D eigenvalue weighted by atomic mass is 32.2. The van der Waals surface area contributed by atoms with Crippen LogP contribution in [0.3, 0.4) is 0 Å². The monoisotopic (exact) mass is 383 g/mol. The van der Waals surface area contributed by atoms with Gasteiger partial charge in [-0.3, -0.25) is 4.79 Å². The summed E-state index contributed by atoms with van der Waals surface area (Å²) in [6.45, 7) is 5.76. The first-order valence-corrected chi connectivity index (χ1v) is 10.2. The largest absolute Gasteiger partial charge is 0.497 e. The molecule has 1 aromatic carbocycles. The lowest BCUT2D eigenvalue weighted by Crippen LogP contribution is -2.51. The molecule has 0 spiro atoms. The molecule has 0 radical (unpaired) electrons. The summed E-state index contributed by atoms with van der Waals surface area (Å²) in [6, 6.07) is 3.47. The number of rotatable bonds is 6. The van der Waals surface area contributed by atoms with Gasteiger partial charge >= 0.3 is 0 Å². The highest BCUT2D eigenvalue weighted by Crippen LogP contribution is 2.28. The smallest absolute Gasteiger partial charge is 0.243 e. The number of nitrogens with zero attached hydrogens (tertiary/aromatic N) is 3. The molecule has 0 unspecified atom stereocenters. The number of aryl methyl sites for hydroxylation is 2. The third-order valence-electron chi connectivity index (χ3n) is 4.63. The SMILES string of the molecule is COc1cc(C)c(S(=O)(=O)N2CCN(C(=O)CCN(C)C)CC2)c(C)c1. The van der Waals surface area contributed by atoms with Crippen LogP contribution in [0.1, 0.15) is 17.5 Å². The fourth-order valence-electron chi connectivity index (χ4n) is 3.22. The molecule has 0 aromatic heterocycles. The third kappa shape index (κ3) is 4.55. The number of sulfonamides is 1. The van der Waals surface area contributed by atoms with Gasteiger partial charge in [-0.15, -0.1) is 0 Å². The molecule has 7 nitrogen and oxygen atoms in total. The predicted octanol–water partition coefficient (Wildman–Crippen LogP) is 1.10. The van der Waals surface area contributed by atoms with Crippen LogP contribution in [-0.4, -0.2) is 82.4 Å². The number of hydrogen-bond acceptors (Lipinski definition) is 5. The number of carbonyl (C=O) groups is 1. The molecule has 0 N–H and O–H groups in total. The van der Waals surface area contributed by atoms with Gasteiger partial charge in [-0.25, -0.2) is 8.42 Å². The molecule has 1 heterocycles. The Morgan fingerprint density at radius 3 is 2.12 bits per heavy atom. The van der Waals surface area contributed by atoms with Gasteiger partial charge in [-0.2, -0.15) is 4.31 Å². The molecule has 26 heavy (non-hydrogen) atoms. The molecule has 1 aromatic rings. The molecule has 8 heteroatoms. The van der Waals surface area contributed by atoms with Crippen molar-refractivity contribution in [1.29, 1.82) is 0 Å². The van der Waals surface area contributed by atoms with Crippen molar-refractivity contribution in [3.8, 4) is 5.75 Å². The van der Waals surface area contributed by atoms with Crippen molar-refractivity contribution >= 4 is 15.9 Å². The van der Waals surface area contributed by atoms with Gasteiger partial charge < -0.3 is 14.5 Å². The van der Waals surface area contributed by atoms with Crippen LogP contribution in [0.2, 0.25) is 0 Å². The minimum atomic E-state index is -3.59. The van der Waals surface area contributed by atoms with Crippen LogP contribution < -0.4 is 4.74 Å². The molecule has 1 fully saturated rings. The second-order valence-electron chi connectivity index (χ2n) is 6.93. The summed E-state index contributed by atoms with van der Waals surface area (Å²) < 4.78 is 32.9. The minimum Gasteiger partial charge on any atom is -0.497 e. The number of ether oxygens (including phenoxy) is 1. The van der Waals surface area contributed by atoms with E-state index in [-0.39, 0.29) is 5.91 Å². The summed E-state index contributed by atoms with van der Waals surface area (Å²) in [5, 5.41) is 0. The van der Waals surface area contributed by atoms with Gasteiger partial charge in [0.05, 0.1) is 12.0 Å². The van der Waals surface area contributed by atoms with Crippen LogP contribution >= 0.6 is 0 Å². The van der Waals surface area contributed by atoms with Crippen LogP contribution in [-0.2, 0) is 14.8 Å². The lowest BCUT2D eigenvalue weighted by atomic mass is 10.1. The quantitative estimate of drug-likeness (QED) is 0.736. The first-order chi connectivity index (χ1) is 12.2. The zero-order chi connectivity index (χ0) is 19.5. The Labute approximate surface area is 156 Å². The average molecular weight is 384 g/mol. The number of methoxy groups -OCH3 is 1. The van der Waals surface area contributed by atoms with Gasteiger partial charge in [-0.05, 0) is 51.2 Å². The van der Waals surface area contributed by atoms with Gasteiger partial charge in [0.1, 0.15) is 5.75 Å². The van der Waals surface area contributed by atoms with Crippen molar-refractivity contribution in [3.05, 3.63) is 23.3 Å². The van der Waals surface area contributed by atoms with Crippen LogP contribution in [0, 0.1) is 13.8 Å². The first kappa shape index (κ1) is 20.7. The van der Waals surface area contributed by atoms with Crippen LogP contribution in [0.25, 0.3) is 0 Å². The van der Waals surface area contributed by atoms with E-state index in [0.717, 1.165) is 0 Å². The molecule has 1 saturated heterocycles. The standard InChI is InChI=1S/C18H29N3O4S/c1-14-12-16(25-5)13-15(2)18(14)26(23,24)21-10-8-20(9-11-21)17(22)6-7-19(3)4/h12-13H,6-11H2,1-5H3. The van der Waals surface area contributed by atoms with E-state index in [4.69, 9.17) is 4.74 Å². The second-order valence-corrected chi connectivity index (χ2v) is 8.80. The highest BCUT2D eigenvalue weighted by Gasteiger charge is 2.32. The van der Waals surface area contributed by atoms with Gasteiger partial charge in [0.2, 0.25) is 15.9 Å². The molecule has 0 aliphatic carbocycles. The number of benzene rings is 1. The maximum absolute atomic E-state index is 13.1. The van der Waals surface area contributed by atoms with E-state index in [0.29, 0.717) is 60.9 Å². The molecule has 0 bridgehead atoms. The van der Waals surface area contributed by atoms with Crippen molar-refractivity contribution < 1.29 is 17.9 Å². The fourth-order valence-corrected chi connectivity index (χ4v) is 5.05. The molecule has 1 amide bonds. The molecule has 2 rings (SSSR count). The van der Waals surface area contributed by atoms with Gasteiger partial charge in [0.15, 0.2) is 0 Å². The number of carbonyl (C=O) groups excluding carboxylic acids is 1. The maximum atomic E-state index is 13.1. The normalized spacial score (nSPS) is 16.2. The fraction of sp³-hybridized carbons (Fsp3) is 0.611. The van der Waals surface area contributed by atoms with E-state index in [9.17, 15) is 13.2 Å². The van der Waals surface area contributed by atoms with Crippen molar-refractivity contribution in [3.63, 3.8) is 0 Å². The van der Waals surface area contributed by atoms with E-state index in [2.05, 4.69) is 0 Å². The maximum Gasteiger partial charge on any atom is 0.243 e. The summed E-state index contributed by atoms with van der Waals surface area (Å²) in [5.74, 6) is 0.725. The zero-order valence-corrected chi connectivity index (χ0v) is 17.1. The molecule has 0 atom stereocenters. The van der Waals surface area contributed by atoms with Crippen molar-refractivity contribution in [2.24, 2.45) is 0 Å². The molecule has 1 aliphatic heterocycles. The van der Waals surface area contributed by atoms with Gasteiger partial charge in [0, 0.05) is 39.1 Å². The molecular formula is C18H29N3O4S. The lowest BCUT2D eigenvalue weighted by Gasteiger charge is -2.34. The predicted molar refractivity (Wildman–Crippen MR) is 101 cm³/mol. The van der Waals surface area contributed by atoms with E-state index >= 15 is 0 Å². The number of piperazine rings is 1. The number of hydrogen-bond donors (Lipinski definition) is 0. The Bertz CT molecular complexity index is 731. The van der Waals surface area contributed by atoms with Crippen molar-refractivity contribution in [2.45, 2.75) is 25.2 Å². The lowest BCUT2D eigenvalue weighted by molar-refractivity contribution is -0.132. The van der Waals surface area contributed by atoms with Crippen LogP contribution in [0.15, 0.2) is 17.0 Å². The van der Waals surface area contributed by atoms with Crippen molar-refractivity contribution in [2.75, 3.05) is 53.9 Å². The van der Waals surface area contributed by atoms with E-state index < -0.39 is 10.0 Å². The Balaban J connectivity index is 2.10. The molecule has 146 valence electrons. The van der Waals surface area contributed by atoms with Crippen LogP contribution in [0.5, 0.6) is 5.75 Å². The summed E-state index contributed by atoms with van der Waals surface area (Å²) in [5.41, 5.74) is 1.35. The Morgan fingerprint density at radius 2 is 1.65 bits per heavy atom. The van der Waals surface area contributed by atoms with Crippen LogP contribution in [0.4, 0.5) is 0 Å². The summed E-state index contributed by atoms with van der Waals surface area (Å²) >= 11 is 0. The third-order valence-corrected chi connectivity index (χ3v) is 6.84. The summed E-state index contributed by atoms with van der Waals surface area (Å²) in [4.78, 5) is 16.3. The highest BCUT2D eigenvalue weighted by molar-refractivity contribution is 7.89. The topological polar surface area (TPSA) is 70.2 Å².